The standard InChI is InChI=1S/C17H29NO2/c1-13-7-9-15(10-8-13)14(2)18(6)11-16(19)12-20-17(3,4)5/h7-10,14,16,19H,11-12H2,1-6H3. The van der Waals surface area contributed by atoms with E-state index in [0.29, 0.717) is 13.2 Å². The first-order valence-corrected chi connectivity index (χ1v) is 7.28. The SMILES string of the molecule is Cc1ccc(C(C)N(C)CC(O)COC(C)(C)C)cc1. The van der Waals surface area contributed by atoms with E-state index in [4.69, 9.17) is 4.74 Å². The number of aliphatic hydroxyl groups is 1. The summed E-state index contributed by atoms with van der Waals surface area (Å²) in [5.41, 5.74) is 2.33. The highest BCUT2D eigenvalue weighted by atomic mass is 16.5. The first-order chi connectivity index (χ1) is 9.19. The van der Waals surface area contributed by atoms with Crippen molar-refractivity contribution in [1.29, 1.82) is 0 Å². The summed E-state index contributed by atoms with van der Waals surface area (Å²) >= 11 is 0. The summed E-state index contributed by atoms with van der Waals surface area (Å²) in [4.78, 5) is 2.15. The van der Waals surface area contributed by atoms with Crippen LogP contribution in [0.5, 0.6) is 0 Å². The molecule has 2 atom stereocenters. The number of aryl methyl sites for hydroxylation is 1. The Kier molecular flexibility index (Phi) is 6.18. The van der Waals surface area contributed by atoms with E-state index in [1.165, 1.54) is 11.1 Å². The van der Waals surface area contributed by atoms with Crippen LogP contribution in [0.2, 0.25) is 0 Å². The van der Waals surface area contributed by atoms with Gasteiger partial charge >= 0.3 is 0 Å². The lowest BCUT2D eigenvalue weighted by Gasteiger charge is -2.29. The molecule has 0 heterocycles. The second-order valence-corrected chi connectivity index (χ2v) is 6.60. The topological polar surface area (TPSA) is 32.7 Å². The number of ether oxygens (including phenoxy) is 1. The van der Waals surface area contributed by atoms with Gasteiger partial charge in [-0.3, -0.25) is 4.90 Å². The second-order valence-electron chi connectivity index (χ2n) is 6.60. The third kappa shape index (κ3) is 6.04. The number of aliphatic hydroxyl groups excluding tert-OH is 1. The van der Waals surface area contributed by atoms with Crippen molar-refractivity contribution in [3.63, 3.8) is 0 Å². The first-order valence-electron chi connectivity index (χ1n) is 7.28. The zero-order valence-corrected chi connectivity index (χ0v) is 13.7. The van der Waals surface area contributed by atoms with Gasteiger partial charge in [-0.05, 0) is 47.2 Å². The summed E-state index contributed by atoms with van der Waals surface area (Å²) in [5, 5.41) is 10.1. The lowest BCUT2D eigenvalue weighted by atomic mass is 10.1. The minimum absolute atomic E-state index is 0.206. The quantitative estimate of drug-likeness (QED) is 0.868. The van der Waals surface area contributed by atoms with Gasteiger partial charge in [0.05, 0.1) is 18.3 Å². The van der Waals surface area contributed by atoms with Crippen molar-refractivity contribution in [3.8, 4) is 0 Å². The molecule has 1 aromatic carbocycles. The van der Waals surface area contributed by atoms with Gasteiger partial charge < -0.3 is 9.84 Å². The maximum atomic E-state index is 10.1. The van der Waals surface area contributed by atoms with Crippen LogP contribution in [0.4, 0.5) is 0 Å². The van der Waals surface area contributed by atoms with E-state index in [0.717, 1.165) is 0 Å². The highest BCUT2D eigenvalue weighted by molar-refractivity contribution is 5.23. The van der Waals surface area contributed by atoms with Crippen LogP contribution in [0, 0.1) is 6.92 Å². The summed E-state index contributed by atoms with van der Waals surface area (Å²) in [5.74, 6) is 0. The van der Waals surface area contributed by atoms with Crippen LogP contribution in [0.25, 0.3) is 0 Å². The van der Waals surface area contributed by atoms with Crippen LogP contribution in [-0.4, -0.2) is 41.9 Å². The molecular weight excluding hydrogens is 250 g/mol. The van der Waals surface area contributed by atoms with E-state index in [1.807, 2.05) is 27.8 Å². The maximum Gasteiger partial charge on any atom is 0.0900 e. The number of nitrogens with zero attached hydrogens (tertiary/aromatic N) is 1. The van der Waals surface area contributed by atoms with E-state index in [9.17, 15) is 5.11 Å². The molecule has 0 bridgehead atoms. The fraction of sp³-hybridized carbons (Fsp3) is 0.647. The average Bonchev–Trinajstić information content (AvgIpc) is 2.35. The van der Waals surface area contributed by atoms with Crippen molar-refractivity contribution in [3.05, 3.63) is 35.4 Å². The third-order valence-corrected chi connectivity index (χ3v) is 3.43. The maximum absolute atomic E-state index is 10.1. The van der Waals surface area contributed by atoms with Gasteiger partial charge in [-0.1, -0.05) is 29.8 Å². The zero-order valence-electron chi connectivity index (χ0n) is 13.7. The molecular formula is C17H29NO2. The number of benzene rings is 1. The summed E-state index contributed by atoms with van der Waals surface area (Å²) in [6.45, 7) is 11.2. The highest BCUT2D eigenvalue weighted by Gasteiger charge is 2.18. The Balaban J connectivity index is 2.48. The molecule has 1 aromatic rings. The summed E-state index contributed by atoms with van der Waals surface area (Å²) in [7, 11) is 2.03. The molecule has 114 valence electrons. The van der Waals surface area contributed by atoms with Crippen LogP contribution in [0.15, 0.2) is 24.3 Å². The normalized spacial score (nSPS) is 15.4. The lowest BCUT2D eigenvalue weighted by Crippen LogP contribution is -2.36. The molecule has 0 aliphatic heterocycles. The first kappa shape index (κ1) is 17.2. The van der Waals surface area contributed by atoms with Gasteiger partial charge in [-0.2, -0.15) is 0 Å². The van der Waals surface area contributed by atoms with Crippen molar-refractivity contribution in [2.45, 2.75) is 52.4 Å². The predicted molar refractivity (Wildman–Crippen MR) is 83.9 cm³/mol. The van der Waals surface area contributed by atoms with Gasteiger partial charge in [0.15, 0.2) is 0 Å². The highest BCUT2D eigenvalue weighted by Crippen LogP contribution is 2.19. The lowest BCUT2D eigenvalue weighted by molar-refractivity contribution is -0.0566. The van der Waals surface area contributed by atoms with Crippen molar-refractivity contribution >= 4 is 0 Å². The van der Waals surface area contributed by atoms with Gasteiger partial charge in [-0.15, -0.1) is 0 Å². The molecule has 0 saturated heterocycles. The molecule has 1 N–H and O–H groups in total. The molecule has 0 amide bonds. The zero-order chi connectivity index (χ0) is 15.3. The molecule has 20 heavy (non-hydrogen) atoms. The molecule has 0 aliphatic carbocycles. The van der Waals surface area contributed by atoms with Crippen molar-refractivity contribution in [2.24, 2.45) is 0 Å². The molecule has 3 nitrogen and oxygen atoms in total. The van der Waals surface area contributed by atoms with Gasteiger partial charge in [0.2, 0.25) is 0 Å². The van der Waals surface area contributed by atoms with Crippen LogP contribution < -0.4 is 0 Å². The third-order valence-electron chi connectivity index (χ3n) is 3.43. The van der Waals surface area contributed by atoms with E-state index in [-0.39, 0.29) is 11.6 Å². The Hall–Kier alpha value is -0.900. The van der Waals surface area contributed by atoms with Gasteiger partial charge in [0.1, 0.15) is 0 Å². The van der Waals surface area contributed by atoms with Crippen molar-refractivity contribution in [2.75, 3.05) is 20.2 Å². The Morgan fingerprint density at radius 1 is 1.20 bits per heavy atom. The molecule has 0 saturated carbocycles. The largest absolute Gasteiger partial charge is 0.389 e. The Morgan fingerprint density at radius 3 is 2.25 bits per heavy atom. The van der Waals surface area contributed by atoms with Crippen LogP contribution in [0.1, 0.15) is 44.9 Å². The van der Waals surface area contributed by atoms with E-state index < -0.39 is 6.10 Å². The molecule has 3 heteroatoms. The fourth-order valence-corrected chi connectivity index (χ4v) is 1.99. The van der Waals surface area contributed by atoms with E-state index in [1.54, 1.807) is 0 Å². The Morgan fingerprint density at radius 2 is 1.75 bits per heavy atom. The van der Waals surface area contributed by atoms with Gasteiger partial charge in [0.25, 0.3) is 0 Å². The summed E-state index contributed by atoms with van der Waals surface area (Å²) < 4.78 is 5.62. The van der Waals surface area contributed by atoms with E-state index in [2.05, 4.69) is 43.0 Å². The number of likely N-dealkylation sites (N-methyl/N-ethyl adjacent to an activating group) is 1. The minimum Gasteiger partial charge on any atom is -0.389 e. The molecule has 0 radical (unpaired) electrons. The van der Waals surface area contributed by atoms with E-state index >= 15 is 0 Å². The molecule has 2 unspecified atom stereocenters. The van der Waals surface area contributed by atoms with Crippen LogP contribution in [-0.2, 0) is 4.74 Å². The molecule has 0 fully saturated rings. The van der Waals surface area contributed by atoms with Crippen LogP contribution in [0.3, 0.4) is 0 Å². The minimum atomic E-state index is -0.466. The molecule has 0 spiro atoms. The smallest absolute Gasteiger partial charge is 0.0900 e. The van der Waals surface area contributed by atoms with Crippen molar-refractivity contribution in [1.82, 2.24) is 4.90 Å². The van der Waals surface area contributed by atoms with Crippen LogP contribution >= 0.6 is 0 Å². The van der Waals surface area contributed by atoms with Gasteiger partial charge in [-0.25, -0.2) is 0 Å². The molecule has 1 rings (SSSR count). The monoisotopic (exact) mass is 279 g/mol. The number of rotatable bonds is 6. The molecule has 0 aromatic heterocycles. The average molecular weight is 279 g/mol. The molecule has 0 aliphatic rings. The second kappa shape index (κ2) is 7.21. The van der Waals surface area contributed by atoms with Gasteiger partial charge in [0, 0.05) is 12.6 Å². The summed E-state index contributed by atoms with van der Waals surface area (Å²) in [6.07, 6.45) is -0.466. The Bertz CT molecular complexity index is 394. The predicted octanol–water partition coefficient (Wildman–Crippen LogP) is 3.16. The Labute approximate surface area is 123 Å². The fourth-order valence-electron chi connectivity index (χ4n) is 1.99. The number of hydrogen-bond donors (Lipinski definition) is 1. The number of hydrogen-bond acceptors (Lipinski definition) is 3. The van der Waals surface area contributed by atoms with Crippen molar-refractivity contribution < 1.29 is 9.84 Å². The summed E-state index contributed by atoms with van der Waals surface area (Å²) in [6, 6.07) is 8.82.